The number of rotatable bonds is 4. The lowest BCUT2D eigenvalue weighted by Crippen LogP contribution is -2.07. The maximum Gasteiger partial charge on any atom is 0.340 e. The van der Waals surface area contributed by atoms with Gasteiger partial charge in [-0.3, -0.25) is 0 Å². The molecule has 0 bridgehead atoms. The summed E-state index contributed by atoms with van der Waals surface area (Å²) >= 11 is 0. The molecule has 21 heavy (non-hydrogen) atoms. The van der Waals surface area contributed by atoms with Gasteiger partial charge in [0.2, 0.25) is 0 Å². The number of carbonyl (C=O) groups excluding carboxylic acids is 1. The van der Waals surface area contributed by atoms with Crippen molar-refractivity contribution in [3.05, 3.63) is 53.6 Å². The lowest BCUT2D eigenvalue weighted by atomic mass is 10.0. The molecule has 3 N–H and O–H groups in total. The second-order valence-electron chi connectivity index (χ2n) is 5.16. The van der Waals surface area contributed by atoms with E-state index in [1.54, 1.807) is 12.1 Å². The molecule has 2 rings (SSSR count). The summed E-state index contributed by atoms with van der Waals surface area (Å²) in [5.41, 5.74) is 9.66. The first-order chi connectivity index (χ1) is 10.0. The minimum atomic E-state index is -0.439. The zero-order valence-electron chi connectivity index (χ0n) is 12.5. The van der Waals surface area contributed by atoms with E-state index in [4.69, 9.17) is 10.5 Å². The largest absolute Gasteiger partial charge is 0.465 e. The molecule has 0 amide bonds. The molecule has 0 radical (unpaired) electrons. The van der Waals surface area contributed by atoms with Crippen LogP contribution in [-0.4, -0.2) is 13.1 Å². The molecule has 0 aliphatic carbocycles. The van der Waals surface area contributed by atoms with Gasteiger partial charge >= 0.3 is 5.97 Å². The van der Waals surface area contributed by atoms with E-state index in [2.05, 4.69) is 31.3 Å². The van der Waals surface area contributed by atoms with Gasteiger partial charge in [0.1, 0.15) is 0 Å². The minimum Gasteiger partial charge on any atom is -0.465 e. The Morgan fingerprint density at radius 3 is 2.38 bits per heavy atom. The van der Waals surface area contributed by atoms with Crippen molar-refractivity contribution in [3.63, 3.8) is 0 Å². The van der Waals surface area contributed by atoms with Crippen LogP contribution in [0.5, 0.6) is 0 Å². The van der Waals surface area contributed by atoms with Crippen LogP contribution in [0.1, 0.15) is 35.7 Å². The molecular weight excluding hydrogens is 264 g/mol. The number of carbonyl (C=O) groups is 1. The van der Waals surface area contributed by atoms with Gasteiger partial charge in [-0.25, -0.2) is 4.79 Å². The third-order valence-corrected chi connectivity index (χ3v) is 3.37. The number of ether oxygens (including phenoxy) is 1. The van der Waals surface area contributed by atoms with Crippen LogP contribution in [0, 0.1) is 0 Å². The summed E-state index contributed by atoms with van der Waals surface area (Å²) < 4.78 is 4.72. The second-order valence-corrected chi connectivity index (χ2v) is 5.16. The van der Waals surface area contributed by atoms with E-state index in [1.807, 2.05) is 18.2 Å². The molecule has 0 heterocycles. The van der Waals surface area contributed by atoms with Crippen molar-refractivity contribution < 1.29 is 9.53 Å². The highest BCUT2D eigenvalue weighted by molar-refractivity contribution is 5.98. The summed E-state index contributed by atoms with van der Waals surface area (Å²) in [6.07, 6.45) is 0. The van der Waals surface area contributed by atoms with Gasteiger partial charge < -0.3 is 15.8 Å². The maximum atomic E-state index is 11.6. The van der Waals surface area contributed by atoms with Gasteiger partial charge in [0.25, 0.3) is 0 Å². The molecule has 0 saturated heterocycles. The van der Waals surface area contributed by atoms with Crippen molar-refractivity contribution in [3.8, 4) is 0 Å². The average molecular weight is 284 g/mol. The maximum absolute atomic E-state index is 11.6. The van der Waals surface area contributed by atoms with Crippen LogP contribution >= 0.6 is 0 Å². The highest BCUT2D eigenvalue weighted by atomic mass is 16.5. The number of methoxy groups -OCH3 is 1. The van der Waals surface area contributed by atoms with Crippen LogP contribution in [0.4, 0.5) is 17.1 Å². The number of para-hydroxylation sites is 1. The van der Waals surface area contributed by atoms with E-state index in [0.29, 0.717) is 22.9 Å². The summed E-state index contributed by atoms with van der Waals surface area (Å²) in [7, 11) is 1.34. The standard InChI is InChI=1S/C17H20N2O2/c1-11(2)12-7-9-13(10-8-12)19-15-6-4-5-14(16(15)18)17(20)21-3/h4-11,19H,18H2,1-3H3. The molecule has 0 aliphatic rings. The van der Waals surface area contributed by atoms with E-state index in [-0.39, 0.29) is 0 Å². The number of nitrogens with one attached hydrogen (secondary N) is 1. The van der Waals surface area contributed by atoms with E-state index in [1.165, 1.54) is 12.7 Å². The quantitative estimate of drug-likeness (QED) is 0.659. The van der Waals surface area contributed by atoms with E-state index < -0.39 is 5.97 Å². The first-order valence-corrected chi connectivity index (χ1v) is 6.86. The highest BCUT2D eigenvalue weighted by Gasteiger charge is 2.12. The fraction of sp³-hybridized carbons (Fsp3) is 0.235. The van der Waals surface area contributed by atoms with Gasteiger partial charge in [0, 0.05) is 5.69 Å². The van der Waals surface area contributed by atoms with Crippen molar-refractivity contribution in [2.45, 2.75) is 19.8 Å². The first-order valence-electron chi connectivity index (χ1n) is 6.86. The SMILES string of the molecule is COC(=O)c1cccc(Nc2ccc(C(C)C)cc2)c1N. The molecule has 2 aromatic rings. The van der Waals surface area contributed by atoms with Gasteiger partial charge in [0.15, 0.2) is 0 Å². The lowest BCUT2D eigenvalue weighted by Gasteiger charge is -2.13. The van der Waals surface area contributed by atoms with Gasteiger partial charge in [0.05, 0.1) is 24.0 Å². The van der Waals surface area contributed by atoms with Gasteiger partial charge in [-0.1, -0.05) is 32.0 Å². The van der Waals surface area contributed by atoms with E-state index in [9.17, 15) is 4.79 Å². The van der Waals surface area contributed by atoms with Gasteiger partial charge in [-0.2, -0.15) is 0 Å². The summed E-state index contributed by atoms with van der Waals surface area (Å²) in [5.74, 6) is 0.0538. The van der Waals surface area contributed by atoms with Crippen molar-refractivity contribution in [2.24, 2.45) is 0 Å². The smallest absolute Gasteiger partial charge is 0.340 e. The zero-order valence-corrected chi connectivity index (χ0v) is 12.5. The molecule has 110 valence electrons. The minimum absolute atomic E-state index is 0.362. The Morgan fingerprint density at radius 2 is 1.81 bits per heavy atom. The number of nitrogens with two attached hydrogens (primary N) is 1. The Balaban J connectivity index is 2.25. The number of hydrogen-bond acceptors (Lipinski definition) is 4. The van der Waals surface area contributed by atoms with E-state index >= 15 is 0 Å². The Morgan fingerprint density at radius 1 is 1.14 bits per heavy atom. The third-order valence-electron chi connectivity index (χ3n) is 3.37. The van der Waals surface area contributed by atoms with Crippen molar-refractivity contribution in [1.29, 1.82) is 0 Å². The van der Waals surface area contributed by atoms with Crippen LogP contribution in [-0.2, 0) is 4.74 Å². The normalized spacial score (nSPS) is 10.5. The molecule has 0 aliphatic heterocycles. The van der Waals surface area contributed by atoms with Gasteiger partial charge in [-0.15, -0.1) is 0 Å². The lowest BCUT2D eigenvalue weighted by molar-refractivity contribution is 0.0602. The topological polar surface area (TPSA) is 64.3 Å². The molecule has 4 heteroatoms. The van der Waals surface area contributed by atoms with Crippen LogP contribution in [0.2, 0.25) is 0 Å². The number of nitrogen functional groups attached to an aromatic ring is 1. The Bertz CT molecular complexity index is 634. The predicted molar refractivity (Wildman–Crippen MR) is 86.0 cm³/mol. The Kier molecular flexibility index (Phi) is 4.48. The molecule has 2 aromatic carbocycles. The molecular formula is C17H20N2O2. The number of esters is 1. The molecule has 4 nitrogen and oxygen atoms in total. The fourth-order valence-corrected chi connectivity index (χ4v) is 2.07. The van der Waals surface area contributed by atoms with Crippen molar-refractivity contribution >= 4 is 23.0 Å². The molecule has 0 unspecified atom stereocenters. The molecule has 0 atom stereocenters. The van der Waals surface area contributed by atoms with Crippen molar-refractivity contribution in [1.82, 2.24) is 0 Å². The van der Waals surface area contributed by atoms with Crippen LogP contribution in [0.3, 0.4) is 0 Å². The fourth-order valence-electron chi connectivity index (χ4n) is 2.07. The third kappa shape index (κ3) is 3.34. The summed E-state index contributed by atoms with van der Waals surface area (Å²) in [6.45, 7) is 4.31. The number of anilines is 3. The highest BCUT2D eigenvalue weighted by Crippen LogP contribution is 2.27. The zero-order chi connectivity index (χ0) is 15.4. The number of hydrogen-bond donors (Lipinski definition) is 2. The molecule has 0 spiro atoms. The van der Waals surface area contributed by atoms with Crippen molar-refractivity contribution in [2.75, 3.05) is 18.2 Å². The van der Waals surface area contributed by atoms with Crippen LogP contribution in [0.15, 0.2) is 42.5 Å². The Hall–Kier alpha value is -2.49. The first kappa shape index (κ1) is 14.9. The molecule has 0 saturated carbocycles. The van der Waals surface area contributed by atoms with Gasteiger partial charge in [-0.05, 0) is 35.7 Å². The predicted octanol–water partition coefficient (Wildman–Crippen LogP) is 3.92. The Labute approximate surface area is 124 Å². The summed E-state index contributed by atoms with van der Waals surface area (Å²) in [5, 5.41) is 3.22. The second kappa shape index (κ2) is 6.31. The summed E-state index contributed by atoms with van der Waals surface area (Å²) in [6, 6.07) is 13.4. The molecule has 0 fully saturated rings. The average Bonchev–Trinajstić information content (AvgIpc) is 2.49. The van der Waals surface area contributed by atoms with Crippen LogP contribution in [0.25, 0.3) is 0 Å². The van der Waals surface area contributed by atoms with Crippen LogP contribution < -0.4 is 11.1 Å². The molecule has 0 aromatic heterocycles. The van der Waals surface area contributed by atoms with E-state index in [0.717, 1.165) is 5.69 Å². The monoisotopic (exact) mass is 284 g/mol. The number of benzene rings is 2. The summed E-state index contributed by atoms with van der Waals surface area (Å²) in [4.78, 5) is 11.6.